The van der Waals surface area contributed by atoms with Crippen molar-refractivity contribution in [3.05, 3.63) is 35.6 Å². The van der Waals surface area contributed by atoms with Crippen molar-refractivity contribution in [1.29, 1.82) is 5.26 Å². The summed E-state index contributed by atoms with van der Waals surface area (Å²) in [6, 6.07) is 5.14. The lowest BCUT2D eigenvalue weighted by Crippen LogP contribution is -2.56. The third-order valence-electron chi connectivity index (χ3n) is 6.92. The lowest BCUT2D eigenvalue weighted by Gasteiger charge is -2.34. The topological polar surface area (TPSA) is 85.2 Å². The fourth-order valence-electron chi connectivity index (χ4n) is 4.31. The number of halogens is 3. The van der Waals surface area contributed by atoms with Crippen LogP contribution in [0.4, 0.5) is 18.0 Å². The molecule has 1 spiro atoms. The molecule has 0 bridgehead atoms. The molecule has 2 saturated carbocycles. The lowest BCUT2D eigenvalue weighted by molar-refractivity contribution is -0.126. The molecule has 2 aliphatic carbocycles. The smallest absolute Gasteiger partial charge is 0.318 e. The van der Waals surface area contributed by atoms with Crippen LogP contribution < -0.4 is 10.6 Å². The number of rotatable bonds is 7. The number of nitriles is 1. The molecule has 3 fully saturated rings. The number of nitrogens with one attached hydrogen (secondary N) is 2. The Morgan fingerprint density at radius 1 is 1.12 bits per heavy atom. The summed E-state index contributed by atoms with van der Waals surface area (Å²) in [6.07, 6.45) is 3.06. The van der Waals surface area contributed by atoms with Gasteiger partial charge in [-0.25, -0.2) is 18.0 Å². The summed E-state index contributed by atoms with van der Waals surface area (Å²) in [4.78, 5) is 27.1. The van der Waals surface area contributed by atoms with Gasteiger partial charge in [-0.2, -0.15) is 5.26 Å². The van der Waals surface area contributed by atoms with Gasteiger partial charge in [-0.1, -0.05) is 18.2 Å². The molecule has 32 heavy (non-hydrogen) atoms. The maximum atomic E-state index is 14.9. The minimum Gasteiger partial charge on any atom is -0.336 e. The van der Waals surface area contributed by atoms with Crippen molar-refractivity contribution in [2.75, 3.05) is 13.1 Å². The van der Waals surface area contributed by atoms with Crippen molar-refractivity contribution in [2.24, 2.45) is 5.41 Å². The van der Waals surface area contributed by atoms with E-state index in [-0.39, 0.29) is 5.56 Å². The van der Waals surface area contributed by atoms with Crippen molar-refractivity contribution < 1.29 is 22.8 Å². The van der Waals surface area contributed by atoms with Crippen molar-refractivity contribution in [2.45, 2.75) is 68.9 Å². The van der Waals surface area contributed by atoms with E-state index in [0.717, 1.165) is 31.7 Å². The van der Waals surface area contributed by atoms with Crippen molar-refractivity contribution in [3.8, 4) is 6.07 Å². The number of hydrogen-bond acceptors (Lipinski definition) is 3. The van der Waals surface area contributed by atoms with Crippen LogP contribution in [0.2, 0.25) is 0 Å². The number of amides is 3. The van der Waals surface area contributed by atoms with Crippen LogP contribution in [0.15, 0.2) is 24.3 Å². The molecule has 6 nitrogen and oxygen atoms in total. The van der Waals surface area contributed by atoms with Gasteiger partial charge in [-0.15, -0.1) is 0 Å². The molecule has 172 valence electrons. The van der Waals surface area contributed by atoms with Gasteiger partial charge in [0.2, 0.25) is 5.91 Å². The zero-order valence-corrected chi connectivity index (χ0v) is 17.8. The second-order valence-corrected chi connectivity index (χ2v) is 9.50. The average Bonchev–Trinajstić information content (AvgIpc) is 3.68. The summed E-state index contributed by atoms with van der Waals surface area (Å²) in [5.74, 6) is -5.01. The van der Waals surface area contributed by atoms with Crippen molar-refractivity contribution in [1.82, 2.24) is 15.5 Å². The number of benzene rings is 1. The molecule has 1 aromatic rings. The quantitative estimate of drug-likeness (QED) is 0.669. The molecule has 1 atom stereocenters. The standard InChI is InChI=1S/C23H27F3N4O2/c24-17-4-2-1-3-16(17)13-23(25,26)14-18(19(31)29-22(15-27)7-8-22)28-20(32)30-11-9-21(5-6-21)10-12-30/h1-4,18H,5-14H2,(H,28,32)(H,29,31). The first-order valence-corrected chi connectivity index (χ1v) is 11.0. The Hall–Kier alpha value is -2.76. The van der Waals surface area contributed by atoms with E-state index in [1.165, 1.54) is 18.2 Å². The Morgan fingerprint density at radius 3 is 2.34 bits per heavy atom. The second kappa shape index (κ2) is 8.30. The third-order valence-corrected chi connectivity index (χ3v) is 6.92. The van der Waals surface area contributed by atoms with Gasteiger partial charge in [0.15, 0.2) is 0 Å². The molecule has 1 aliphatic heterocycles. The highest BCUT2D eigenvalue weighted by molar-refractivity contribution is 5.88. The van der Waals surface area contributed by atoms with E-state index >= 15 is 0 Å². The second-order valence-electron chi connectivity index (χ2n) is 9.50. The Morgan fingerprint density at radius 2 is 1.78 bits per heavy atom. The van der Waals surface area contributed by atoms with Crippen molar-refractivity contribution >= 4 is 11.9 Å². The van der Waals surface area contributed by atoms with Gasteiger partial charge < -0.3 is 15.5 Å². The van der Waals surface area contributed by atoms with E-state index in [0.29, 0.717) is 31.3 Å². The Labute approximate surface area is 185 Å². The van der Waals surface area contributed by atoms with Crippen LogP contribution in [0.25, 0.3) is 0 Å². The molecular weight excluding hydrogens is 421 g/mol. The number of piperidine rings is 1. The number of carbonyl (C=O) groups is 2. The van der Waals surface area contributed by atoms with Crippen LogP contribution in [0.1, 0.15) is 50.5 Å². The van der Waals surface area contributed by atoms with Crippen LogP contribution in [0, 0.1) is 22.6 Å². The van der Waals surface area contributed by atoms with Crippen LogP contribution >= 0.6 is 0 Å². The normalized spacial score (nSPS) is 21.4. The SMILES string of the molecule is N#CC1(NC(=O)C(CC(F)(F)Cc2ccccc2F)NC(=O)N2CCC3(CC2)CC3)CC1. The number of carbonyl (C=O) groups excluding carboxylic acids is 2. The molecule has 3 amide bonds. The first-order chi connectivity index (χ1) is 15.1. The highest BCUT2D eigenvalue weighted by Crippen LogP contribution is 2.53. The zero-order chi connectivity index (χ0) is 23.0. The van der Waals surface area contributed by atoms with Gasteiger partial charge >= 0.3 is 6.03 Å². The lowest BCUT2D eigenvalue weighted by atomic mass is 9.94. The zero-order valence-electron chi connectivity index (χ0n) is 17.8. The van der Waals surface area contributed by atoms with Gasteiger partial charge in [0, 0.05) is 25.9 Å². The maximum absolute atomic E-state index is 14.9. The molecule has 0 aromatic heterocycles. The molecule has 1 unspecified atom stereocenters. The summed E-state index contributed by atoms with van der Waals surface area (Å²) >= 11 is 0. The molecule has 4 rings (SSSR count). The summed E-state index contributed by atoms with van der Waals surface area (Å²) in [5.41, 5.74) is -0.875. The van der Waals surface area contributed by atoms with Crippen LogP contribution in [0.3, 0.4) is 0 Å². The van der Waals surface area contributed by atoms with Crippen LogP contribution in [-0.2, 0) is 11.2 Å². The van der Waals surface area contributed by atoms with Crippen LogP contribution in [0.5, 0.6) is 0 Å². The van der Waals surface area contributed by atoms with Gasteiger partial charge in [-0.05, 0) is 55.6 Å². The molecule has 1 heterocycles. The van der Waals surface area contributed by atoms with Gasteiger partial charge in [-0.3, -0.25) is 4.79 Å². The monoisotopic (exact) mass is 448 g/mol. The number of urea groups is 1. The number of likely N-dealkylation sites (tertiary alicyclic amines) is 1. The first kappa shape index (κ1) is 22.4. The molecule has 0 radical (unpaired) electrons. The predicted molar refractivity (Wildman–Crippen MR) is 110 cm³/mol. The minimum absolute atomic E-state index is 0.163. The summed E-state index contributed by atoms with van der Waals surface area (Å²) < 4.78 is 43.6. The van der Waals surface area contributed by atoms with Crippen LogP contribution in [-0.4, -0.2) is 47.4 Å². The van der Waals surface area contributed by atoms with E-state index < -0.39 is 48.1 Å². The van der Waals surface area contributed by atoms with Crippen molar-refractivity contribution in [3.63, 3.8) is 0 Å². The molecule has 3 aliphatic rings. The highest BCUT2D eigenvalue weighted by atomic mass is 19.3. The Kier molecular flexibility index (Phi) is 5.82. The summed E-state index contributed by atoms with van der Waals surface area (Å²) in [5, 5.41) is 14.2. The fourth-order valence-corrected chi connectivity index (χ4v) is 4.31. The van der Waals surface area contributed by atoms with E-state index in [1.807, 2.05) is 6.07 Å². The van der Waals surface area contributed by atoms with Gasteiger partial charge in [0.1, 0.15) is 17.4 Å². The van der Waals surface area contributed by atoms with E-state index in [4.69, 9.17) is 0 Å². The van der Waals surface area contributed by atoms with Gasteiger partial charge in [0.05, 0.1) is 6.07 Å². The highest BCUT2D eigenvalue weighted by Gasteiger charge is 2.48. The predicted octanol–water partition coefficient (Wildman–Crippen LogP) is 3.52. The van der Waals surface area contributed by atoms with E-state index in [1.54, 1.807) is 4.90 Å². The first-order valence-electron chi connectivity index (χ1n) is 11.0. The molecule has 2 N–H and O–H groups in total. The number of nitrogens with zero attached hydrogens (tertiary/aromatic N) is 2. The third kappa shape index (κ3) is 5.17. The number of hydrogen-bond donors (Lipinski definition) is 2. The minimum atomic E-state index is -3.44. The molecule has 9 heteroatoms. The van der Waals surface area contributed by atoms with Gasteiger partial charge in [0.25, 0.3) is 5.92 Å². The van der Waals surface area contributed by atoms with E-state index in [9.17, 15) is 28.0 Å². The molecule has 1 saturated heterocycles. The largest absolute Gasteiger partial charge is 0.336 e. The molecule has 1 aromatic carbocycles. The fraction of sp³-hybridized carbons (Fsp3) is 0.609. The number of alkyl halides is 2. The average molecular weight is 448 g/mol. The Balaban J connectivity index is 1.44. The summed E-state index contributed by atoms with van der Waals surface area (Å²) in [7, 11) is 0. The van der Waals surface area contributed by atoms with E-state index in [2.05, 4.69) is 10.6 Å². The Bertz CT molecular complexity index is 927. The maximum Gasteiger partial charge on any atom is 0.318 e. The molecular formula is C23H27F3N4O2. The summed E-state index contributed by atoms with van der Waals surface area (Å²) in [6.45, 7) is 1.04.